The highest BCUT2D eigenvalue weighted by Gasteiger charge is 2.48. The number of fused-ring (bicyclic) bond motifs is 1. The molecule has 76 heavy (non-hydrogen) atoms. The minimum atomic E-state index is -5.36. The van der Waals surface area contributed by atoms with Gasteiger partial charge in [0, 0.05) is 44.3 Å². The van der Waals surface area contributed by atoms with E-state index in [1.165, 1.54) is 47.7 Å². The monoisotopic (exact) mass is 1130 g/mol. The molecule has 0 spiro atoms. The number of anilines is 4. The lowest BCUT2D eigenvalue weighted by Gasteiger charge is -2.25. The summed E-state index contributed by atoms with van der Waals surface area (Å²) in [5.41, 5.74) is 19.2. The van der Waals surface area contributed by atoms with Crippen LogP contribution in [0.25, 0.3) is 11.2 Å². The van der Waals surface area contributed by atoms with Gasteiger partial charge >= 0.3 is 40.5 Å². The molecule has 5 aromatic heterocycles. The number of rotatable bonds is 20. The Morgan fingerprint density at radius 3 is 1.38 bits per heavy atom. The second-order valence-corrected chi connectivity index (χ2v) is 21.6. The third-order valence-electron chi connectivity index (χ3n) is 12.2. The zero-order valence-electron chi connectivity index (χ0n) is 39.0. The maximum Gasteiger partial charge on any atom is 0.472 e. The topological polar surface area (TPSA) is 517 Å². The molecular formula is C37H49N14O22P3. The Morgan fingerprint density at radius 1 is 0.579 bits per heavy atom. The first-order valence-electron chi connectivity index (χ1n) is 22.6. The van der Waals surface area contributed by atoms with Gasteiger partial charge in [-0.05, 0) is 18.2 Å². The Morgan fingerprint density at radius 2 is 0.961 bits per heavy atom. The van der Waals surface area contributed by atoms with Gasteiger partial charge in [-0.1, -0.05) is 0 Å². The molecule has 14 N–H and O–H groups in total. The second-order valence-electron chi connectivity index (χ2n) is 17.3. The standard InChI is InChI=1S/C37H49N14O22P3/c38-24-1-4-48(35(55)43-24)28-8-17(20(11-52)67-28)71-75(60,61)65-13-22-19(10-30(69-22)50-6-3-26(40)45-37(50)57)73-76(62,63)66-14-23-18(9-29(70-23)49-5-2-25(39)44-36(49)56)72-74(58,59)64-12-21-16(53)7-27(68-21)51-15-42-31-32(51)46-34(41)47-33(31)54/h1-6,15-23,27-30,52-53H,7-14H2,(H,58,59)(H,60,61)(H,62,63)(H2,38,43,55)(H2,39,44,56)(H2,40,45,57)(H3,41,46,47,54)/t16-,17-,18-,19-,20+,21+,22+,23+,27+,28+,29+,30+/m0/s1. The van der Waals surface area contributed by atoms with E-state index in [0.29, 0.717) is 0 Å². The normalized spacial score (nSPS) is 30.1. The van der Waals surface area contributed by atoms with Gasteiger partial charge in [-0.15, -0.1) is 0 Å². The Labute approximate surface area is 423 Å². The maximum absolute atomic E-state index is 13.8. The van der Waals surface area contributed by atoms with E-state index in [1.807, 2.05) is 0 Å². The summed E-state index contributed by atoms with van der Waals surface area (Å²) in [6.45, 7) is -3.36. The molecule has 0 saturated carbocycles. The van der Waals surface area contributed by atoms with E-state index in [-0.39, 0.29) is 47.4 Å². The number of aliphatic hydroxyl groups excluding tert-OH is 2. The molecule has 0 radical (unpaired) electrons. The molecule has 0 amide bonds. The number of hydrogen-bond donors (Lipinski definition) is 10. The number of aliphatic hydroxyl groups is 2. The summed E-state index contributed by atoms with van der Waals surface area (Å²) in [5.74, 6) is -0.603. The largest absolute Gasteiger partial charge is 0.472 e. The van der Waals surface area contributed by atoms with Crippen molar-refractivity contribution in [3.8, 4) is 0 Å². The number of aromatic nitrogens is 10. The SMILES string of the molecule is Nc1ccn([C@H]2C[C@H](OP(=O)(O)OC[C@H]3O[C@@H](n4ccc(N)nc4=O)C[C@@H]3OP(=O)(O)OC[C@H]3O[C@@H](n4ccc(N)nc4=O)C[C@@H]3OP(=O)(O)OC[C@H]3O[C@@H](n4cnc5c(=O)[nH]c(N)nc54)C[C@@H]3O)[C@@H](CO)O2)c(=O)n1. The molecule has 9 heterocycles. The molecule has 5 aromatic rings. The summed E-state index contributed by atoms with van der Waals surface area (Å²) in [4.78, 5) is 105. The second kappa shape index (κ2) is 22.0. The fourth-order valence-corrected chi connectivity index (χ4v) is 11.5. The lowest BCUT2D eigenvalue weighted by Crippen LogP contribution is -2.31. The van der Waals surface area contributed by atoms with Crippen LogP contribution < -0.4 is 45.6 Å². The molecule has 0 aliphatic carbocycles. The highest BCUT2D eigenvalue weighted by atomic mass is 31.2. The minimum absolute atomic E-state index is 0.0361. The summed E-state index contributed by atoms with van der Waals surface area (Å²) in [6.07, 6.45) is -12.5. The molecule has 4 saturated heterocycles. The van der Waals surface area contributed by atoms with Crippen molar-refractivity contribution >= 4 is 58.0 Å². The number of nitrogens with one attached hydrogen (secondary N) is 1. The molecule has 36 nitrogen and oxygen atoms in total. The first-order valence-corrected chi connectivity index (χ1v) is 27.1. The van der Waals surface area contributed by atoms with Crippen molar-refractivity contribution in [2.45, 2.75) is 99.4 Å². The van der Waals surface area contributed by atoms with Crippen LogP contribution in [0.3, 0.4) is 0 Å². The Hall–Kier alpha value is -5.72. The van der Waals surface area contributed by atoms with Crippen LogP contribution in [0.5, 0.6) is 0 Å². The number of aromatic amines is 1. The lowest BCUT2D eigenvalue weighted by molar-refractivity contribution is -0.0637. The van der Waals surface area contributed by atoms with E-state index < -0.39 is 159 Å². The van der Waals surface area contributed by atoms with E-state index in [9.17, 15) is 57.8 Å². The number of nitrogens with zero attached hydrogens (tertiary/aromatic N) is 9. The van der Waals surface area contributed by atoms with Gasteiger partial charge in [0.1, 0.15) is 85.1 Å². The van der Waals surface area contributed by atoms with Crippen molar-refractivity contribution in [2.24, 2.45) is 0 Å². The zero-order chi connectivity index (χ0) is 54.4. The summed E-state index contributed by atoms with van der Waals surface area (Å²) in [6, 6.07) is 3.80. The maximum atomic E-state index is 13.8. The van der Waals surface area contributed by atoms with Crippen molar-refractivity contribution in [2.75, 3.05) is 49.4 Å². The predicted molar refractivity (Wildman–Crippen MR) is 250 cm³/mol. The van der Waals surface area contributed by atoms with Crippen molar-refractivity contribution in [3.63, 3.8) is 0 Å². The fourth-order valence-electron chi connectivity index (χ4n) is 8.64. The van der Waals surface area contributed by atoms with Crippen LogP contribution in [0.2, 0.25) is 0 Å². The molecule has 4 aliphatic heterocycles. The van der Waals surface area contributed by atoms with E-state index in [0.717, 1.165) is 13.7 Å². The average Bonchev–Trinajstić information content (AvgIpc) is 4.18. The van der Waals surface area contributed by atoms with Gasteiger partial charge in [-0.2, -0.15) is 19.9 Å². The first kappa shape index (κ1) is 55.0. The van der Waals surface area contributed by atoms with E-state index in [1.54, 1.807) is 0 Å². The van der Waals surface area contributed by atoms with Gasteiger partial charge in [0.25, 0.3) is 5.56 Å². The van der Waals surface area contributed by atoms with Crippen LogP contribution in [0.4, 0.5) is 23.4 Å². The number of H-pyrrole nitrogens is 1. The molecule has 9 rings (SSSR count). The van der Waals surface area contributed by atoms with Gasteiger partial charge < -0.3 is 66.8 Å². The van der Waals surface area contributed by atoms with Crippen LogP contribution in [-0.2, 0) is 59.8 Å². The lowest BCUT2D eigenvalue weighted by atomic mass is 10.2. The fraction of sp³-hybridized carbons (Fsp3) is 0.541. The van der Waals surface area contributed by atoms with Crippen LogP contribution >= 0.6 is 23.5 Å². The minimum Gasteiger partial charge on any atom is -0.394 e. The molecule has 0 aromatic carbocycles. The number of phosphoric acid groups is 3. The average molecular weight is 1130 g/mol. The number of imidazole rings is 1. The van der Waals surface area contributed by atoms with E-state index in [4.69, 9.17) is 69.0 Å². The predicted octanol–water partition coefficient (Wildman–Crippen LogP) is -2.77. The first-order chi connectivity index (χ1) is 35.9. The number of nitrogen functional groups attached to an aromatic ring is 4. The highest BCUT2D eigenvalue weighted by Crippen LogP contribution is 2.53. The van der Waals surface area contributed by atoms with Gasteiger partial charge in [-0.25, -0.2) is 33.1 Å². The Bertz CT molecular complexity index is 3340. The smallest absolute Gasteiger partial charge is 0.394 e. The van der Waals surface area contributed by atoms with Crippen molar-refractivity contribution in [3.05, 3.63) is 84.9 Å². The zero-order valence-corrected chi connectivity index (χ0v) is 41.7. The van der Waals surface area contributed by atoms with Crippen LogP contribution in [0.1, 0.15) is 50.6 Å². The Balaban J connectivity index is 0.867. The number of ether oxygens (including phenoxy) is 4. The van der Waals surface area contributed by atoms with Crippen LogP contribution in [0.15, 0.2) is 62.3 Å². The summed E-state index contributed by atoms with van der Waals surface area (Å²) in [5, 5.41) is 20.8. The van der Waals surface area contributed by atoms with Gasteiger partial charge in [0.05, 0.1) is 38.9 Å². The third kappa shape index (κ3) is 12.5. The molecule has 3 unspecified atom stereocenters. The van der Waals surface area contributed by atoms with Crippen molar-refractivity contribution < 1.29 is 84.7 Å². The molecule has 15 atom stereocenters. The Kier molecular flexibility index (Phi) is 15.9. The van der Waals surface area contributed by atoms with Gasteiger partial charge in [0.15, 0.2) is 11.2 Å². The molecule has 4 aliphatic rings. The quantitative estimate of drug-likeness (QED) is 0.0353. The molecule has 4 fully saturated rings. The van der Waals surface area contributed by atoms with Crippen LogP contribution in [-0.4, -0.2) is 148 Å². The van der Waals surface area contributed by atoms with E-state index in [2.05, 4.69) is 29.9 Å². The van der Waals surface area contributed by atoms with Crippen molar-refractivity contribution in [1.82, 2.24) is 48.2 Å². The number of nitrogens with two attached hydrogens (primary N) is 4. The molecule has 414 valence electrons. The third-order valence-corrected chi connectivity index (χ3v) is 15.2. The molecule has 0 bridgehead atoms. The van der Waals surface area contributed by atoms with Gasteiger partial charge in [-0.3, -0.25) is 55.2 Å². The molecular weight excluding hydrogens is 1090 g/mol. The molecule has 39 heteroatoms. The number of phosphoric ester groups is 3. The van der Waals surface area contributed by atoms with Gasteiger partial charge in [0.2, 0.25) is 5.95 Å². The van der Waals surface area contributed by atoms with Crippen molar-refractivity contribution in [1.29, 1.82) is 0 Å². The van der Waals surface area contributed by atoms with Crippen LogP contribution in [0, 0.1) is 0 Å². The number of hydrogen-bond acceptors (Lipinski definition) is 28. The highest BCUT2D eigenvalue weighted by molar-refractivity contribution is 7.48. The summed E-state index contributed by atoms with van der Waals surface area (Å²) < 4.78 is 100. The van der Waals surface area contributed by atoms with E-state index >= 15 is 0 Å². The summed E-state index contributed by atoms with van der Waals surface area (Å²) >= 11 is 0. The summed E-state index contributed by atoms with van der Waals surface area (Å²) in [7, 11) is -15.7.